The van der Waals surface area contributed by atoms with Gasteiger partial charge in [-0.3, -0.25) is 0 Å². The van der Waals surface area contributed by atoms with Crippen LogP contribution in [0.2, 0.25) is 0 Å². The highest BCUT2D eigenvalue weighted by Crippen LogP contribution is 2.16. The summed E-state index contributed by atoms with van der Waals surface area (Å²) in [7, 11) is 4.17. The van der Waals surface area contributed by atoms with Crippen molar-refractivity contribution in [3.8, 4) is 0 Å². The lowest BCUT2D eigenvalue weighted by molar-refractivity contribution is 0.402. The molecule has 0 radical (unpaired) electrons. The molecule has 4 nitrogen and oxygen atoms in total. The molecule has 0 aliphatic rings. The van der Waals surface area contributed by atoms with Gasteiger partial charge in [-0.05, 0) is 50.7 Å². The Hall–Kier alpha value is -1.12. The van der Waals surface area contributed by atoms with E-state index in [-0.39, 0.29) is 24.0 Å². The van der Waals surface area contributed by atoms with Gasteiger partial charge in [0, 0.05) is 22.8 Å². The largest absolute Gasteiger partial charge is 0.357 e. The van der Waals surface area contributed by atoms with Gasteiger partial charge in [0.05, 0.1) is 13.1 Å². The second-order valence-electron chi connectivity index (χ2n) is 6.32. The maximum atomic E-state index is 4.70. The van der Waals surface area contributed by atoms with Crippen LogP contribution in [0.15, 0.2) is 41.4 Å². The first kappa shape index (κ1) is 22.9. The standard InChI is InChI=1S/C20H30N4S.HI/c1-5-18-11-12-19(25-18)14-23-20(21-6-2)22-13-16-7-9-17(10-8-16)15-24(3)4;/h7-12H,5-6,13-15H2,1-4H3,(H2,21,22,23);1H. The first-order valence-electron chi connectivity index (χ1n) is 8.93. The molecule has 0 saturated carbocycles. The van der Waals surface area contributed by atoms with Crippen LogP contribution < -0.4 is 10.6 Å². The average molecular weight is 486 g/mol. The second kappa shape index (κ2) is 12.3. The molecule has 2 rings (SSSR count). The fourth-order valence-electron chi connectivity index (χ4n) is 2.51. The van der Waals surface area contributed by atoms with E-state index in [1.165, 1.54) is 20.9 Å². The van der Waals surface area contributed by atoms with Crippen LogP contribution in [0, 0.1) is 0 Å². The molecule has 6 heteroatoms. The molecule has 0 aliphatic carbocycles. The summed E-state index contributed by atoms with van der Waals surface area (Å²) in [5, 5.41) is 6.74. The summed E-state index contributed by atoms with van der Waals surface area (Å²) in [6, 6.07) is 13.1. The maximum Gasteiger partial charge on any atom is 0.191 e. The molecule has 26 heavy (non-hydrogen) atoms. The lowest BCUT2D eigenvalue weighted by Crippen LogP contribution is -2.36. The van der Waals surface area contributed by atoms with E-state index in [2.05, 4.69) is 79.9 Å². The van der Waals surface area contributed by atoms with Crippen molar-refractivity contribution in [1.29, 1.82) is 0 Å². The van der Waals surface area contributed by atoms with Gasteiger partial charge in [0.15, 0.2) is 5.96 Å². The van der Waals surface area contributed by atoms with Gasteiger partial charge in [-0.2, -0.15) is 0 Å². The summed E-state index contributed by atoms with van der Waals surface area (Å²) in [6.07, 6.45) is 1.10. The van der Waals surface area contributed by atoms with Crippen molar-refractivity contribution in [3.05, 3.63) is 57.3 Å². The highest BCUT2D eigenvalue weighted by Gasteiger charge is 2.02. The number of aliphatic imine (C=N–C) groups is 1. The fraction of sp³-hybridized carbons (Fsp3) is 0.450. The number of halogens is 1. The predicted molar refractivity (Wildman–Crippen MR) is 125 cm³/mol. The molecule has 0 aliphatic heterocycles. The third-order valence-electron chi connectivity index (χ3n) is 3.78. The molecule has 0 unspecified atom stereocenters. The Morgan fingerprint density at radius 2 is 1.62 bits per heavy atom. The van der Waals surface area contributed by atoms with Crippen LogP contribution in [0.25, 0.3) is 0 Å². The summed E-state index contributed by atoms with van der Waals surface area (Å²) in [5.74, 6) is 0.867. The summed E-state index contributed by atoms with van der Waals surface area (Å²) < 4.78 is 0. The predicted octanol–water partition coefficient (Wildman–Crippen LogP) is 4.25. The molecule has 2 aromatic rings. The Bertz CT molecular complexity index is 665. The molecule has 0 spiro atoms. The maximum absolute atomic E-state index is 4.70. The van der Waals surface area contributed by atoms with Crippen molar-refractivity contribution in [2.45, 2.75) is 39.9 Å². The molecular formula is C20H31IN4S. The first-order valence-corrected chi connectivity index (χ1v) is 9.74. The van der Waals surface area contributed by atoms with E-state index in [4.69, 9.17) is 4.99 Å². The summed E-state index contributed by atoms with van der Waals surface area (Å²) in [4.78, 5) is 9.65. The lowest BCUT2D eigenvalue weighted by atomic mass is 10.1. The SMILES string of the molecule is CCNC(=NCc1ccc(CN(C)C)cc1)NCc1ccc(CC)s1.I. The fourth-order valence-corrected chi connectivity index (χ4v) is 3.40. The second-order valence-corrected chi connectivity index (χ2v) is 7.58. The number of thiophene rings is 1. The summed E-state index contributed by atoms with van der Waals surface area (Å²) >= 11 is 1.86. The Morgan fingerprint density at radius 3 is 2.19 bits per heavy atom. The van der Waals surface area contributed by atoms with Crippen molar-refractivity contribution in [2.75, 3.05) is 20.6 Å². The zero-order valence-corrected chi connectivity index (χ0v) is 19.4. The van der Waals surface area contributed by atoms with Crippen LogP contribution >= 0.6 is 35.3 Å². The van der Waals surface area contributed by atoms with Crippen molar-refractivity contribution < 1.29 is 0 Å². The normalized spacial score (nSPS) is 11.3. The quantitative estimate of drug-likeness (QED) is 0.333. The highest BCUT2D eigenvalue weighted by molar-refractivity contribution is 14.0. The molecule has 0 saturated heterocycles. The number of nitrogens with one attached hydrogen (secondary N) is 2. The van der Waals surface area contributed by atoms with Crippen LogP contribution in [-0.4, -0.2) is 31.5 Å². The van der Waals surface area contributed by atoms with Crippen molar-refractivity contribution >= 4 is 41.3 Å². The minimum absolute atomic E-state index is 0. The van der Waals surface area contributed by atoms with E-state index >= 15 is 0 Å². The van der Waals surface area contributed by atoms with Gasteiger partial charge in [-0.25, -0.2) is 4.99 Å². The third-order valence-corrected chi connectivity index (χ3v) is 5.01. The van der Waals surface area contributed by atoms with Crippen molar-refractivity contribution in [3.63, 3.8) is 0 Å². The molecule has 1 heterocycles. The number of nitrogens with zero attached hydrogens (tertiary/aromatic N) is 2. The topological polar surface area (TPSA) is 39.7 Å². The van der Waals surface area contributed by atoms with E-state index in [0.717, 1.165) is 32.0 Å². The van der Waals surface area contributed by atoms with Gasteiger partial charge in [-0.15, -0.1) is 35.3 Å². The van der Waals surface area contributed by atoms with Gasteiger partial charge in [0.1, 0.15) is 0 Å². The average Bonchev–Trinajstić information content (AvgIpc) is 3.06. The van der Waals surface area contributed by atoms with Crippen LogP contribution in [0.4, 0.5) is 0 Å². The number of hydrogen-bond acceptors (Lipinski definition) is 3. The zero-order valence-electron chi connectivity index (χ0n) is 16.2. The number of benzene rings is 1. The minimum Gasteiger partial charge on any atom is -0.357 e. The first-order chi connectivity index (χ1) is 12.1. The van der Waals surface area contributed by atoms with Gasteiger partial charge in [-0.1, -0.05) is 31.2 Å². The molecule has 1 aromatic heterocycles. The van der Waals surface area contributed by atoms with E-state index in [0.29, 0.717) is 6.54 Å². The zero-order chi connectivity index (χ0) is 18.1. The van der Waals surface area contributed by atoms with Crippen LogP contribution in [0.3, 0.4) is 0 Å². The van der Waals surface area contributed by atoms with E-state index in [1.807, 2.05) is 11.3 Å². The summed E-state index contributed by atoms with van der Waals surface area (Å²) in [6.45, 7) is 7.61. The molecule has 1 aromatic carbocycles. The minimum atomic E-state index is 0. The summed E-state index contributed by atoms with van der Waals surface area (Å²) in [5.41, 5.74) is 2.55. The van der Waals surface area contributed by atoms with Gasteiger partial charge in [0.25, 0.3) is 0 Å². The monoisotopic (exact) mass is 486 g/mol. The van der Waals surface area contributed by atoms with Crippen LogP contribution in [-0.2, 0) is 26.1 Å². The van der Waals surface area contributed by atoms with E-state index in [9.17, 15) is 0 Å². The Balaban J connectivity index is 0.00000338. The lowest BCUT2D eigenvalue weighted by Gasteiger charge is -2.11. The molecule has 0 fully saturated rings. The van der Waals surface area contributed by atoms with Gasteiger partial charge >= 0.3 is 0 Å². The Labute approximate surface area is 179 Å². The number of hydrogen-bond donors (Lipinski definition) is 2. The molecule has 0 amide bonds. The Morgan fingerprint density at radius 1 is 0.962 bits per heavy atom. The van der Waals surface area contributed by atoms with Crippen LogP contribution in [0.5, 0.6) is 0 Å². The Kier molecular flexibility index (Phi) is 10.8. The number of rotatable bonds is 8. The van der Waals surface area contributed by atoms with Crippen molar-refractivity contribution in [2.24, 2.45) is 4.99 Å². The smallest absolute Gasteiger partial charge is 0.191 e. The third kappa shape index (κ3) is 8.05. The van der Waals surface area contributed by atoms with E-state index < -0.39 is 0 Å². The van der Waals surface area contributed by atoms with Gasteiger partial charge in [0.2, 0.25) is 0 Å². The molecule has 2 N–H and O–H groups in total. The number of guanidine groups is 1. The molecule has 0 atom stereocenters. The highest BCUT2D eigenvalue weighted by atomic mass is 127. The molecule has 144 valence electrons. The van der Waals surface area contributed by atoms with Gasteiger partial charge < -0.3 is 15.5 Å². The molecule has 0 bridgehead atoms. The molecular weight excluding hydrogens is 455 g/mol. The van der Waals surface area contributed by atoms with Crippen LogP contribution in [0.1, 0.15) is 34.7 Å². The van der Waals surface area contributed by atoms with E-state index in [1.54, 1.807) is 0 Å². The number of aryl methyl sites for hydroxylation is 1. The van der Waals surface area contributed by atoms with Crippen molar-refractivity contribution in [1.82, 2.24) is 15.5 Å².